The maximum Gasteiger partial charge on any atom is 0.256 e. The molecule has 9 nitrogen and oxygen atoms in total. The van der Waals surface area contributed by atoms with E-state index in [2.05, 4.69) is 30.4 Å². The Kier molecular flexibility index (Phi) is 7.97. The van der Waals surface area contributed by atoms with Crippen LogP contribution in [-0.2, 0) is 20.7 Å². The van der Waals surface area contributed by atoms with Gasteiger partial charge in [0.05, 0.1) is 34.8 Å². The van der Waals surface area contributed by atoms with Crippen molar-refractivity contribution in [2.24, 2.45) is 5.92 Å². The summed E-state index contributed by atoms with van der Waals surface area (Å²) in [4.78, 5) is 39.7. The number of fused-ring (bicyclic) bond motifs is 2. The Morgan fingerprint density at radius 3 is 2.95 bits per heavy atom. The molecular formula is C27H37FN6O3S. The number of carbonyl (C=O) groups is 2. The minimum atomic E-state index is -1.19. The van der Waals surface area contributed by atoms with Gasteiger partial charge in [-0.15, -0.1) is 0 Å². The van der Waals surface area contributed by atoms with E-state index in [1.807, 2.05) is 0 Å². The minimum absolute atomic E-state index is 0.108. The maximum absolute atomic E-state index is 15.8. The van der Waals surface area contributed by atoms with Crippen molar-refractivity contribution in [1.29, 1.82) is 0 Å². The van der Waals surface area contributed by atoms with Crippen LogP contribution >= 0.6 is 11.8 Å². The fraction of sp³-hybridized carbons (Fsp3) is 0.704. The van der Waals surface area contributed by atoms with Crippen molar-refractivity contribution in [3.63, 3.8) is 0 Å². The first kappa shape index (κ1) is 26.2. The lowest BCUT2D eigenvalue weighted by molar-refractivity contribution is -0.189. The van der Waals surface area contributed by atoms with Crippen molar-refractivity contribution in [2.45, 2.75) is 74.4 Å². The molecule has 1 aromatic heterocycles. The molecule has 7 atom stereocenters. The van der Waals surface area contributed by atoms with Gasteiger partial charge >= 0.3 is 0 Å². The molecule has 1 amide bonds. The summed E-state index contributed by atoms with van der Waals surface area (Å²) in [5, 5.41) is 6.12. The summed E-state index contributed by atoms with van der Waals surface area (Å²) in [5.41, 5.74) is 1.03. The first-order chi connectivity index (χ1) is 18.6. The fourth-order valence-corrected chi connectivity index (χ4v) is 8.08. The Bertz CT molecular complexity index is 1040. The lowest BCUT2D eigenvalue weighted by Crippen LogP contribution is -2.73. The summed E-state index contributed by atoms with van der Waals surface area (Å²) in [6.07, 6.45) is 10.0. The Labute approximate surface area is 227 Å². The van der Waals surface area contributed by atoms with E-state index in [-0.39, 0.29) is 47.2 Å². The number of ether oxygens (including phenoxy) is 1. The molecule has 206 valence electrons. The fourth-order valence-electron chi connectivity index (χ4n) is 6.75. The van der Waals surface area contributed by atoms with Crippen molar-refractivity contribution >= 4 is 23.5 Å². The number of piperidine rings is 1. The SMILES string of the molecule is O=C(NCCN1CCCC1)C1=CN2C3NCCCC3OC3C(SCCc4cnccn4)C(F)CC(C1=O)C32. The third-order valence-electron chi connectivity index (χ3n) is 8.60. The topological polar surface area (TPSA) is 99.7 Å². The number of ketones is 1. The van der Waals surface area contributed by atoms with Crippen LogP contribution in [0.2, 0.25) is 0 Å². The second kappa shape index (κ2) is 11.6. The molecule has 4 aliphatic heterocycles. The highest BCUT2D eigenvalue weighted by atomic mass is 32.2. The van der Waals surface area contributed by atoms with Crippen LogP contribution in [0.1, 0.15) is 37.8 Å². The van der Waals surface area contributed by atoms with Gasteiger partial charge in [-0.3, -0.25) is 24.9 Å². The number of aromatic nitrogens is 2. The largest absolute Gasteiger partial charge is 0.368 e. The van der Waals surface area contributed by atoms with Gasteiger partial charge in [-0.05, 0) is 57.5 Å². The van der Waals surface area contributed by atoms with E-state index in [0.717, 1.165) is 44.7 Å². The highest BCUT2D eigenvalue weighted by Gasteiger charge is 2.58. The quantitative estimate of drug-likeness (QED) is 0.469. The van der Waals surface area contributed by atoms with Crippen LogP contribution < -0.4 is 10.6 Å². The number of likely N-dealkylation sites (tertiary alicyclic amines) is 1. The molecule has 0 spiro atoms. The molecule has 0 radical (unpaired) electrons. The summed E-state index contributed by atoms with van der Waals surface area (Å²) in [7, 11) is 0. The van der Waals surface area contributed by atoms with E-state index in [4.69, 9.17) is 4.74 Å². The number of nitrogens with one attached hydrogen (secondary N) is 2. The number of halogens is 1. The lowest BCUT2D eigenvalue weighted by Gasteiger charge is -2.58. The van der Waals surface area contributed by atoms with Crippen molar-refractivity contribution < 1.29 is 18.7 Å². The van der Waals surface area contributed by atoms with Crippen LogP contribution in [0.4, 0.5) is 4.39 Å². The third kappa shape index (κ3) is 5.22. The van der Waals surface area contributed by atoms with Gasteiger partial charge in [-0.1, -0.05) is 0 Å². The van der Waals surface area contributed by atoms with Crippen molar-refractivity contribution in [3.05, 3.63) is 36.1 Å². The summed E-state index contributed by atoms with van der Waals surface area (Å²) in [5.74, 6) is -0.500. The Morgan fingerprint density at radius 2 is 2.13 bits per heavy atom. The van der Waals surface area contributed by atoms with E-state index in [0.29, 0.717) is 18.7 Å². The first-order valence-corrected chi connectivity index (χ1v) is 15.1. The van der Waals surface area contributed by atoms with Gasteiger partial charge < -0.3 is 19.9 Å². The molecule has 0 aromatic carbocycles. The summed E-state index contributed by atoms with van der Waals surface area (Å²) in [6, 6.07) is -0.281. The van der Waals surface area contributed by atoms with E-state index in [9.17, 15) is 9.59 Å². The Balaban J connectivity index is 1.20. The number of rotatable bonds is 8. The van der Waals surface area contributed by atoms with E-state index in [1.54, 1.807) is 36.6 Å². The third-order valence-corrected chi connectivity index (χ3v) is 9.99. The second-order valence-corrected chi connectivity index (χ2v) is 12.3. The smallest absolute Gasteiger partial charge is 0.256 e. The number of morpholine rings is 1. The molecule has 4 fully saturated rings. The standard InChI is InChI=1S/C27H37FN6O3S/c28-20-14-18-22-24(25(20)38-13-5-17-15-29-7-8-30-17)37-21-4-3-6-31-26(21)34(22)16-19(23(18)35)27(36)32-9-12-33-10-1-2-11-33/h7-8,15-16,18,20-22,24-26,31H,1-6,9-14H2,(H,32,36). The van der Waals surface area contributed by atoms with Crippen molar-refractivity contribution in [2.75, 3.05) is 38.5 Å². The molecular weight excluding hydrogens is 507 g/mol. The molecule has 1 saturated carbocycles. The molecule has 11 heteroatoms. The molecule has 1 aromatic rings. The minimum Gasteiger partial charge on any atom is -0.368 e. The van der Waals surface area contributed by atoms with Crippen molar-refractivity contribution in [3.8, 4) is 0 Å². The van der Waals surface area contributed by atoms with Gasteiger partial charge in [0.2, 0.25) is 0 Å². The maximum atomic E-state index is 15.8. The zero-order chi connectivity index (χ0) is 26.1. The van der Waals surface area contributed by atoms with E-state index >= 15 is 4.39 Å². The van der Waals surface area contributed by atoms with Gasteiger partial charge in [-0.25, -0.2) is 4.39 Å². The highest BCUT2D eigenvalue weighted by molar-refractivity contribution is 8.00. The van der Waals surface area contributed by atoms with Crippen LogP contribution in [0, 0.1) is 5.92 Å². The predicted octanol–water partition coefficient (Wildman–Crippen LogP) is 1.31. The highest BCUT2D eigenvalue weighted by Crippen LogP contribution is 2.46. The number of hydrogen-bond donors (Lipinski definition) is 2. The first-order valence-electron chi connectivity index (χ1n) is 14.0. The van der Waals surface area contributed by atoms with Crippen LogP contribution in [0.5, 0.6) is 0 Å². The van der Waals surface area contributed by atoms with Gasteiger partial charge in [0.25, 0.3) is 5.91 Å². The average molecular weight is 545 g/mol. The predicted molar refractivity (Wildman–Crippen MR) is 142 cm³/mol. The van der Waals surface area contributed by atoms with Crippen LogP contribution in [0.15, 0.2) is 30.4 Å². The van der Waals surface area contributed by atoms with Gasteiger partial charge in [0.1, 0.15) is 12.3 Å². The number of hydrogen-bond acceptors (Lipinski definition) is 9. The van der Waals surface area contributed by atoms with Gasteiger partial charge in [0, 0.05) is 50.2 Å². The number of Topliss-reactive ketones (excluding diaryl/α,β-unsaturated/α-hetero) is 1. The van der Waals surface area contributed by atoms with Crippen LogP contribution in [0.25, 0.3) is 0 Å². The monoisotopic (exact) mass is 544 g/mol. The molecule has 5 aliphatic rings. The molecule has 5 heterocycles. The molecule has 0 bridgehead atoms. The number of alkyl halides is 1. The van der Waals surface area contributed by atoms with Crippen LogP contribution in [-0.4, -0.2) is 106 Å². The zero-order valence-electron chi connectivity index (χ0n) is 21.6. The van der Waals surface area contributed by atoms with Gasteiger partial charge in [-0.2, -0.15) is 11.8 Å². The van der Waals surface area contributed by atoms with E-state index < -0.39 is 18.2 Å². The second-order valence-electron chi connectivity index (χ2n) is 11.0. The number of carbonyl (C=O) groups excluding carboxylic acids is 2. The molecule has 7 unspecified atom stereocenters. The van der Waals surface area contributed by atoms with Gasteiger partial charge in [0.15, 0.2) is 5.78 Å². The number of aryl methyl sites for hydroxylation is 1. The van der Waals surface area contributed by atoms with Crippen molar-refractivity contribution in [1.82, 2.24) is 30.4 Å². The number of amides is 1. The normalized spacial score (nSPS) is 34.9. The Morgan fingerprint density at radius 1 is 1.26 bits per heavy atom. The number of nitrogens with zero attached hydrogens (tertiary/aromatic N) is 4. The molecule has 2 N–H and O–H groups in total. The summed E-state index contributed by atoms with van der Waals surface area (Å²) >= 11 is 1.56. The lowest BCUT2D eigenvalue weighted by atomic mass is 9.72. The number of thioether (sulfide) groups is 1. The molecule has 1 aliphatic carbocycles. The summed E-state index contributed by atoms with van der Waals surface area (Å²) in [6.45, 7) is 4.25. The molecule has 6 rings (SSSR count). The summed E-state index contributed by atoms with van der Waals surface area (Å²) < 4.78 is 22.4. The average Bonchev–Trinajstić information content (AvgIpc) is 3.45. The van der Waals surface area contributed by atoms with E-state index in [1.165, 1.54) is 12.8 Å². The molecule has 38 heavy (non-hydrogen) atoms. The Hall–Kier alpha value is -2.08. The van der Waals surface area contributed by atoms with Crippen LogP contribution in [0.3, 0.4) is 0 Å². The molecule has 3 saturated heterocycles. The zero-order valence-corrected chi connectivity index (χ0v) is 22.5.